The number of carbonyl (C=O) groups is 1. The lowest BCUT2D eigenvalue weighted by Gasteiger charge is -2.38. The minimum absolute atomic E-state index is 0.0495. The molecule has 2 fully saturated rings. The molecule has 2 aliphatic rings. The molecule has 0 spiro atoms. The summed E-state index contributed by atoms with van der Waals surface area (Å²) in [6, 6.07) is 5.34. The molecule has 1 aromatic heterocycles. The summed E-state index contributed by atoms with van der Waals surface area (Å²) in [5.41, 5.74) is 6.28. The normalized spacial score (nSPS) is 22.9. The van der Waals surface area contributed by atoms with Crippen LogP contribution in [0.2, 0.25) is 0 Å². The SMILES string of the molecule is COc1cccc2c(=O)c(C(=O)O)c(N3CC(C)CC(N)C3)n(C3CC3)c12. The van der Waals surface area contributed by atoms with Gasteiger partial charge in [0.25, 0.3) is 0 Å². The van der Waals surface area contributed by atoms with Gasteiger partial charge in [-0.2, -0.15) is 0 Å². The molecule has 2 unspecified atom stereocenters. The zero-order valence-corrected chi connectivity index (χ0v) is 15.6. The number of hydrogen-bond acceptors (Lipinski definition) is 5. The predicted octanol–water partition coefficient (Wildman–Crippen LogP) is 2.22. The van der Waals surface area contributed by atoms with Crippen LogP contribution in [0.3, 0.4) is 0 Å². The first-order valence-corrected chi connectivity index (χ1v) is 9.41. The largest absolute Gasteiger partial charge is 0.495 e. The van der Waals surface area contributed by atoms with Crippen molar-refractivity contribution in [2.24, 2.45) is 11.7 Å². The average molecular weight is 371 g/mol. The van der Waals surface area contributed by atoms with Crippen LogP contribution in [0, 0.1) is 5.92 Å². The second-order valence-corrected chi connectivity index (χ2v) is 7.80. The van der Waals surface area contributed by atoms with Crippen LogP contribution in [0.15, 0.2) is 23.0 Å². The summed E-state index contributed by atoms with van der Waals surface area (Å²) in [4.78, 5) is 27.3. The van der Waals surface area contributed by atoms with Gasteiger partial charge in [0, 0.05) is 25.2 Å². The van der Waals surface area contributed by atoms with Gasteiger partial charge in [-0.15, -0.1) is 0 Å². The highest BCUT2D eigenvalue weighted by atomic mass is 16.5. The van der Waals surface area contributed by atoms with Gasteiger partial charge in [-0.05, 0) is 37.3 Å². The van der Waals surface area contributed by atoms with Crippen LogP contribution < -0.4 is 20.8 Å². The van der Waals surface area contributed by atoms with E-state index in [2.05, 4.69) is 6.92 Å². The molecule has 2 aromatic rings. The summed E-state index contributed by atoms with van der Waals surface area (Å²) in [6.07, 6.45) is 2.80. The zero-order valence-electron chi connectivity index (χ0n) is 15.6. The van der Waals surface area contributed by atoms with Crippen LogP contribution >= 0.6 is 0 Å². The molecule has 3 N–H and O–H groups in total. The van der Waals surface area contributed by atoms with Crippen molar-refractivity contribution in [2.45, 2.75) is 38.3 Å². The molecule has 1 aromatic carbocycles. The molecule has 7 nitrogen and oxygen atoms in total. The Hall–Kier alpha value is -2.54. The lowest BCUT2D eigenvalue weighted by molar-refractivity contribution is 0.0695. The number of nitrogens with two attached hydrogens (primary N) is 1. The van der Waals surface area contributed by atoms with Gasteiger partial charge in [-0.3, -0.25) is 4.79 Å². The Morgan fingerprint density at radius 1 is 1.30 bits per heavy atom. The van der Waals surface area contributed by atoms with Crippen LogP contribution in [0.25, 0.3) is 10.9 Å². The standard InChI is InChI=1S/C20H25N3O4/c1-11-8-12(21)10-22(9-11)19-16(20(25)26)18(24)14-4-3-5-15(27-2)17(14)23(19)13-6-7-13/h3-5,11-13H,6-10,21H2,1-2H3,(H,25,26). The number of fused-ring (bicyclic) bond motifs is 1. The number of ether oxygens (including phenoxy) is 1. The number of aromatic carboxylic acids is 1. The Morgan fingerprint density at radius 3 is 2.63 bits per heavy atom. The van der Waals surface area contributed by atoms with E-state index in [1.165, 1.54) is 0 Å². The molecule has 0 amide bonds. The van der Waals surface area contributed by atoms with E-state index in [4.69, 9.17) is 10.5 Å². The molecular formula is C20H25N3O4. The number of aromatic nitrogens is 1. The molecule has 27 heavy (non-hydrogen) atoms. The van der Waals surface area contributed by atoms with Gasteiger partial charge in [0.15, 0.2) is 0 Å². The Labute approximate surface area is 157 Å². The van der Waals surface area contributed by atoms with E-state index >= 15 is 0 Å². The number of anilines is 1. The van der Waals surface area contributed by atoms with Crippen LogP contribution in [0.5, 0.6) is 5.75 Å². The van der Waals surface area contributed by atoms with Gasteiger partial charge >= 0.3 is 5.97 Å². The summed E-state index contributed by atoms with van der Waals surface area (Å²) in [5, 5.41) is 10.3. The summed E-state index contributed by atoms with van der Waals surface area (Å²) in [5.74, 6) is 0.200. The number of carboxylic acids is 1. The van der Waals surface area contributed by atoms with Crippen molar-refractivity contribution in [1.82, 2.24) is 4.57 Å². The summed E-state index contributed by atoms with van der Waals surface area (Å²) >= 11 is 0. The average Bonchev–Trinajstić information content (AvgIpc) is 3.44. The topological polar surface area (TPSA) is 97.8 Å². The highest BCUT2D eigenvalue weighted by Gasteiger charge is 2.36. The lowest BCUT2D eigenvalue weighted by Crippen LogP contribution is -2.48. The van der Waals surface area contributed by atoms with Crippen molar-refractivity contribution in [3.63, 3.8) is 0 Å². The molecule has 7 heteroatoms. The number of piperidine rings is 1. The molecule has 1 aliphatic carbocycles. The van der Waals surface area contributed by atoms with Gasteiger partial charge in [-0.1, -0.05) is 13.0 Å². The second kappa shape index (κ2) is 6.56. The quantitative estimate of drug-likeness (QED) is 0.855. The van der Waals surface area contributed by atoms with E-state index in [-0.39, 0.29) is 17.6 Å². The molecule has 2 heterocycles. The van der Waals surface area contributed by atoms with Gasteiger partial charge in [0.05, 0.1) is 18.0 Å². The van der Waals surface area contributed by atoms with Gasteiger partial charge in [-0.25, -0.2) is 4.79 Å². The monoisotopic (exact) mass is 371 g/mol. The number of nitrogens with zero attached hydrogens (tertiary/aromatic N) is 2. The van der Waals surface area contributed by atoms with Crippen molar-refractivity contribution in [2.75, 3.05) is 25.1 Å². The minimum Gasteiger partial charge on any atom is -0.495 e. The fraction of sp³-hybridized carbons (Fsp3) is 0.500. The number of carboxylic acid groups (broad SMARTS) is 1. The van der Waals surface area contributed by atoms with E-state index in [0.29, 0.717) is 41.5 Å². The number of para-hydroxylation sites is 1. The van der Waals surface area contributed by atoms with E-state index in [0.717, 1.165) is 19.3 Å². The van der Waals surface area contributed by atoms with Gasteiger partial charge in [0.2, 0.25) is 5.43 Å². The summed E-state index contributed by atoms with van der Waals surface area (Å²) in [6.45, 7) is 3.33. The summed E-state index contributed by atoms with van der Waals surface area (Å²) < 4.78 is 7.55. The van der Waals surface area contributed by atoms with Crippen LogP contribution in [0.1, 0.15) is 42.6 Å². The minimum atomic E-state index is -1.19. The third kappa shape index (κ3) is 2.96. The lowest BCUT2D eigenvalue weighted by atomic mass is 9.96. The molecular weight excluding hydrogens is 346 g/mol. The molecule has 1 saturated heterocycles. The van der Waals surface area contributed by atoms with Crippen LogP contribution in [-0.4, -0.2) is 41.9 Å². The van der Waals surface area contributed by atoms with Crippen molar-refractivity contribution >= 4 is 22.7 Å². The third-order valence-electron chi connectivity index (χ3n) is 5.50. The molecule has 0 radical (unpaired) electrons. The van der Waals surface area contributed by atoms with E-state index in [9.17, 15) is 14.7 Å². The molecule has 2 atom stereocenters. The zero-order chi connectivity index (χ0) is 19.3. The van der Waals surface area contributed by atoms with Gasteiger partial charge < -0.3 is 25.0 Å². The second-order valence-electron chi connectivity index (χ2n) is 7.80. The molecule has 4 rings (SSSR count). The third-order valence-corrected chi connectivity index (χ3v) is 5.50. The molecule has 144 valence electrons. The summed E-state index contributed by atoms with van der Waals surface area (Å²) in [7, 11) is 1.57. The Balaban J connectivity index is 2.09. The molecule has 1 saturated carbocycles. The Kier molecular flexibility index (Phi) is 4.34. The molecule has 1 aliphatic heterocycles. The Bertz CT molecular complexity index is 954. The maximum absolute atomic E-state index is 13.2. The smallest absolute Gasteiger partial charge is 0.343 e. The van der Waals surface area contributed by atoms with Crippen molar-refractivity contribution in [3.05, 3.63) is 34.0 Å². The van der Waals surface area contributed by atoms with Crippen LogP contribution in [-0.2, 0) is 0 Å². The number of rotatable bonds is 4. The fourth-order valence-corrected chi connectivity index (χ4v) is 4.35. The van der Waals surface area contributed by atoms with Crippen molar-refractivity contribution in [1.29, 1.82) is 0 Å². The predicted molar refractivity (Wildman–Crippen MR) is 104 cm³/mol. The first kappa shape index (κ1) is 17.9. The highest BCUT2D eigenvalue weighted by Crippen LogP contribution is 2.44. The fourth-order valence-electron chi connectivity index (χ4n) is 4.35. The maximum Gasteiger partial charge on any atom is 0.343 e. The van der Waals surface area contributed by atoms with E-state index in [1.54, 1.807) is 19.2 Å². The number of methoxy groups -OCH3 is 1. The van der Waals surface area contributed by atoms with Crippen molar-refractivity contribution < 1.29 is 14.6 Å². The van der Waals surface area contributed by atoms with Gasteiger partial charge in [0.1, 0.15) is 17.1 Å². The van der Waals surface area contributed by atoms with E-state index < -0.39 is 11.4 Å². The Morgan fingerprint density at radius 2 is 2.04 bits per heavy atom. The first-order chi connectivity index (χ1) is 12.9. The van der Waals surface area contributed by atoms with E-state index in [1.807, 2.05) is 15.5 Å². The number of benzene rings is 1. The maximum atomic E-state index is 13.2. The number of hydrogen-bond donors (Lipinski definition) is 2. The molecule has 0 bridgehead atoms. The number of pyridine rings is 1. The highest BCUT2D eigenvalue weighted by molar-refractivity contribution is 6.00. The van der Waals surface area contributed by atoms with Crippen LogP contribution in [0.4, 0.5) is 5.82 Å². The first-order valence-electron chi connectivity index (χ1n) is 9.41. The van der Waals surface area contributed by atoms with Crippen molar-refractivity contribution in [3.8, 4) is 5.75 Å².